The van der Waals surface area contributed by atoms with Gasteiger partial charge in [0.25, 0.3) is 5.91 Å². The van der Waals surface area contributed by atoms with E-state index in [2.05, 4.69) is 37.2 Å². The van der Waals surface area contributed by atoms with Crippen molar-refractivity contribution in [3.63, 3.8) is 0 Å². The lowest BCUT2D eigenvalue weighted by atomic mass is 10.1. The monoisotopic (exact) mass is 422 g/mol. The van der Waals surface area contributed by atoms with Crippen molar-refractivity contribution in [1.82, 2.24) is 0 Å². The predicted octanol–water partition coefficient (Wildman–Crippen LogP) is 4.46. The van der Waals surface area contributed by atoms with Gasteiger partial charge in [0.05, 0.1) is 5.69 Å². The van der Waals surface area contributed by atoms with Gasteiger partial charge in [-0.25, -0.2) is 13.2 Å². The van der Waals surface area contributed by atoms with Crippen molar-refractivity contribution in [1.29, 1.82) is 0 Å². The summed E-state index contributed by atoms with van der Waals surface area (Å²) in [5.74, 6) is -4.71. The summed E-state index contributed by atoms with van der Waals surface area (Å²) in [6.07, 6.45) is 0. The number of amides is 1. The molecule has 0 aliphatic heterocycles. The second-order valence-corrected chi connectivity index (χ2v) is 5.77. The van der Waals surface area contributed by atoms with Crippen LogP contribution >= 0.6 is 31.9 Å². The number of rotatable bonds is 2. The molecular formula is C13H7Br2F3N2O. The Morgan fingerprint density at radius 2 is 1.48 bits per heavy atom. The van der Waals surface area contributed by atoms with Gasteiger partial charge in [0.2, 0.25) is 0 Å². The van der Waals surface area contributed by atoms with E-state index in [0.29, 0.717) is 26.8 Å². The van der Waals surface area contributed by atoms with Crippen molar-refractivity contribution < 1.29 is 18.0 Å². The molecule has 2 rings (SSSR count). The Morgan fingerprint density at radius 3 is 1.95 bits per heavy atom. The van der Waals surface area contributed by atoms with Crippen LogP contribution in [0.1, 0.15) is 10.4 Å². The summed E-state index contributed by atoms with van der Waals surface area (Å²) in [6.45, 7) is 0. The van der Waals surface area contributed by atoms with Gasteiger partial charge in [0.15, 0.2) is 0 Å². The SMILES string of the molecule is Nc1cc(Br)c(NC(=O)c2c(F)cc(F)cc2F)c(Br)c1. The van der Waals surface area contributed by atoms with E-state index in [0.717, 1.165) is 0 Å². The Balaban J connectivity index is 2.40. The molecule has 110 valence electrons. The molecule has 0 saturated heterocycles. The van der Waals surface area contributed by atoms with Crippen LogP contribution in [0.15, 0.2) is 33.2 Å². The summed E-state index contributed by atoms with van der Waals surface area (Å²) in [5, 5.41) is 2.33. The van der Waals surface area contributed by atoms with Gasteiger partial charge >= 0.3 is 0 Å². The fraction of sp³-hybridized carbons (Fsp3) is 0. The minimum atomic E-state index is -1.28. The van der Waals surface area contributed by atoms with E-state index in [-0.39, 0.29) is 5.69 Å². The highest BCUT2D eigenvalue weighted by Crippen LogP contribution is 2.34. The number of hydrogen-bond donors (Lipinski definition) is 2. The standard InChI is InChI=1S/C13H7Br2F3N2O/c14-7-3-6(19)4-8(15)12(7)20-13(21)11-9(17)1-5(16)2-10(11)18/h1-4H,19H2,(H,20,21). The highest BCUT2D eigenvalue weighted by molar-refractivity contribution is 9.11. The van der Waals surface area contributed by atoms with E-state index in [1.54, 1.807) is 0 Å². The topological polar surface area (TPSA) is 55.1 Å². The second kappa shape index (κ2) is 6.07. The number of carbonyl (C=O) groups is 1. The van der Waals surface area contributed by atoms with Gasteiger partial charge in [0, 0.05) is 26.8 Å². The lowest BCUT2D eigenvalue weighted by Crippen LogP contribution is -2.17. The normalized spacial score (nSPS) is 10.5. The lowest BCUT2D eigenvalue weighted by molar-refractivity contribution is 0.101. The molecule has 3 N–H and O–H groups in total. The molecule has 0 fully saturated rings. The van der Waals surface area contributed by atoms with E-state index < -0.39 is 28.9 Å². The summed E-state index contributed by atoms with van der Waals surface area (Å²) >= 11 is 6.35. The number of benzene rings is 2. The molecule has 0 atom stereocenters. The Bertz CT molecular complexity index is 691. The maximum atomic E-state index is 13.5. The zero-order valence-corrected chi connectivity index (χ0v) is 13.4. The first-order valence-electron chi connectivity index (χ1n) is 5.50. The van der Waals surface area contributed by atoms with Crippen molar-refractivity contribution >= 4 is 49.1 Å². The molecule has 3 nitrogen and oxygen atoms in total. The molecule has 0 heterocycles. The van der Waals surface area contributed by atoms with E-state index in [1.807, 2.05) is 0 Å². The van der Waals surface area contributed by atoms with Crippen LogP contribution < -0.4 is 11.1 Å². The highest BCUT2D eigenvalue weighted by atomic mass is 79.9. The maximum absolute atomic E-state index is 13.5. The number of halogens is 5. The predicted molar refractivity (Wildman–Crippen MR) is 80.5 cm³/mol. The largest absolute Gasteiger partial charge is 0.399 e. The number of carbonyl (C=O) groups excluding carboxylic acids is 1. The van der Waals surface area contributed by atoms with Crippen LogP contribution in [-0.2, 0) is 0 Å². The summed E-state index contributed by atoms with van der Waals surface area (Å²) in [4.78, 5) is 12.0. The van der Waals surface area contributed by atoms with Crippen LogP contribution in [0.4, 0.5) is 24.5 Å². The van der Waals surface area contributed by atoms with Crippen LogP contribution in [0.25, 0.3) is 0 Å². The first-order valence-corrected chi connectivity index (χ1v) is 7.08. The van der Waals surface area contributed by atoms with E-state index in [4.69, 9.17) is 5.73 Å². The molecule has 2 aromatic rings. The molecule has 2 aromatic carbocycles. The average molecular weight is 424 g/mol. The number of nitrogens with two attached hydrogens (primary N) is 1. The third-order valence-electron chi connectivity index (χ3n) is 2.54. The zero-order valence-electron chi connectivity index (χ0n) is 10.2. The number of anilines is 2. The Labute approximate surface area is 134 Å². The van der Waals surface area contributed by atoms with E-state index in [1.165, 1.54) is 12.1 Å². The molecule has 0 unspecified atom stereocenters. The number of hydrogen-bond acceptors (Lipinski definition) is 2. The lowest BCUT2D eigenvalue weighted by Gasteiger charge is -2.11. The second-order valence-electron chi connectivity index (χ2n) is 4.06. The van der Waals surface area contributed by atoms with Gasteiger partial charge < -0.3 is 11.1 Å². The van der Waals surface area contributed by atoms with Gasteiger partial charge in [-0.15, -0.1) is 0 Å². The van der Waals surface area contributed by atoms with E-state index >= 15 is 0 Å². The van der Waals surface area contributed by atoms with Crippen molar-refractivity contribution in [2.45, 2.75) is 0 Å². The summed E-state index contributed by atoms with van der Waals surface area (Å²) < 4.78 is 40.8. The number of nitrogens with one attached hydrogen (secondary N) is 1. The minimum absolute atomic E-state index is 0.248. The zero-order chi connectivity index (χ0) is 15.7. The minimum Gasteiger partial charge on any atom is -0.399 e. The van der Waals surface area contributed by atoms with Crippen molar-refractivity contribution in [3.8, 4) is 0 Å². The molecule has 0 aliphatic rings. The molecule has 0 bridgehead atoms. The Hall–Kier alpha value is -1.54. The van der Waals surface area contributed by atoms with Crippen molar-refractivity contribution in [2.24, 2.45) is 0 Å². The van der Waals surface area contributed by atoms with Crippen LogP contribution in [-0.4, -0.2) is 5.91 Å². The van der Waals surface area contributed by atoms with Gasteiger partial charge in [-0.05, 0) is 44.0 Å². The summed E-state index contributed by atoms with van der Waals surface area (Å²) in [5.41, 5.74) is 5.40. The quantitative estimate of drug-likeness (QED) is 0.700. The third-order valence-corrected chi connectivity index (χ3v) is 3.79. The van der Waals surface area contributed by atoms with Crippen LogP contribution in [0, 0.1) is 17.5 Å². The van der Waals surface area contributed by atoms with Gasteiger partial charge in [0.1, 0.15) is 23.0 Å². The smallest absolute Gasteiger partial charge is 0.261 e. The summed E-state index contributed by atoms with van der Waals surface area (Å²) in [6, 6.07) is 3.89. The first-order chi connectivity index (χ1) is 9.79. The third kappa shape index (κ3) is 3.38. The first kappa shape index (κ1) is 15.8. The van der Waals surface area contributed by atoms with Crippen molar-refractivity contribution in [3.05, 3.63) is 56.2 Å². The molecular weight excluding hydrogens is 417 g/mol. The van der Waals surface area contributed by atoms with Gasteiger partial charge in [-0.1, -0.05) is 0 Å². The number of nitrogen functional groups attached to an aromatic ring is 1. The molecule has 1 amide bonds. The van der Waals surface area contributed by atoms with Crippen LogP contribution in [0.3, 0.4) is 0 Å². The van der Waals surface area contributed by atoms with E-state index in [9.17, 15) is 18.0 Å². The fourth-order valence-electron chi connectivity index (χ4n) is 1.65. The molecule has 0 aliphatic carbocycles. The molecule has 0 spiro atoms. The molecule has 0 radical (unpaired) electrons. The molecule has 0 saturated carbocycles. The van der Waals surface area contributed by atoms with Gasteiger partial charge in [-0.3, -0.25) is 4.79 Å². The fourth-order valence-corrected chi connectivity index (χ4v) is 3.07. The van der Waals surface area contributed by atoms with Crippen LogP contribution in [0.5, 0.6) is 0 Å². The molecule has 8 heteroatoms. The summed E-state index contributed by atoms with van der Waals surface area (Å²) in [7, 11) is 0. The maximum Gasteiger partial charge on any atom is 0.261 e. The molecule has 21 heavy (non-hydrogen) atoms. The van der Waals surface area contributed by atoms with Gasteiger partial charge in [-0.2, -0.15) is 0 Å². The molecule has 0 aromatic heterocycles. The van der Waals surface area contributed by atoms with Crippen LogP contribution in [0.2, 0.25) is 0 Å². The highest BCUT2D eigenvalue weighted by Gasteiger charge is 2.20. The average Bonchev–Trinajstić information content (AvgIpc) is 2.32. The van der Waals surface area contributed by atoms with Crippen molar-refractivity contribution in [2.75, 3.05) is 11.1 Å². The Kier molecular flexibility index (Phi) is 4.58. The Morgan fingerprint density at radius 1 is 1.00 bits per heavy atom.